The SMILES string of the molecule is O=C(Nc1cncc(Cl)c1)N1CCCCC1c1ncc[nH]1. The van der Waals surface area contributed by atoms with Crippen LogP contribution in [-0.2, 0) is 0 Å². The molecule has 2 N–H and O–H groups in total. The number of aromatic amines is 1. The average molecular weight is 306 g/mol. The van der Waals surface area contributed by atoms with Crippen LogP contribution in [0, 0.1) is 0 Å². The Hall–Kier alpha value is -2.08. The summed E-state index contributed by atoms with van der Waals surface area (Å²) in [6, 6.07) is 1.51. The number of imidazole rings is 1. The minimum absolute atomic E-state index is 0.0131. The van der Waals surface area contributed by atoms with Gasteiger partial charge in [-0.25, -0.2) is 9.78 Å². The van der Waals surface area contributed by atoms with Crippen LogP contribution in [0.3, 0.4) is 0 Å². The molecule has 1 fully saturated rings. The molecule has 0 radical (unpaired) electrons. The maximum absolute atomic E-state index is 12.5. The van der Waals surface area contributed by atoms with Gasteiger partial charge in [-0.15, -0.1) is 0 Å². The van der Waals surface area contributed by atoms with E-state index in [1.54, 1.807) is 24.7 Å². The molecular formula is C14H16ClN5O. The fourth-order valence-corrected chi connectivity index (χ4v) is 2.77. The lowest BCUT2D eigenvalue weighted by Gasteiger charge is -2.34. The maximum Gasteiger partial charge on any atom is 0.322 e. The highest BCUT2D eigenvalue weighted by Gasteiger charge is 2.29. The first-order valence-corrected chi connectivity index (χ1v) is 7.29. The van der Waals surface area contributed by atoms with Gasteiger partial charge in [0.25, 0.3) is 0 Å². The molecule has 21 heavy (non-hydrogen) atoms. The highest BCUT2D eigenvalue weighted by atomic mass is 35.5. The molecule has 7 heteroatoms. The van der Waals surface area contributed by atoms with Crippen LogP contribution in [0.4, 0.5) is 10.5 Å². The number of likely N-dealkylation sites (tertiary alicyclic amines) is 1. The molecule has 0 aliphatic carbocycles. The molecule has 1 aliphatic heterocycles. The Morgan fingerprint density at radius 1 is 1.43 bits per heavy atom. The van der Waals surface area contributed by atoms with E-state index >= 15 is 0 Å². The van der Waals surface area contributed by atoms with Crippen LogP contribution in [0.15, 0.2) is 30.9 Å². The third-order valence-corrected chi connectivity index (χ3v) is 3.76. The second-order valence-electron chi connectivity index (χ2n) is 5.00. The first kappa shape index (κ1) is 13.9. The van der Waals surface area contributed by atoms with Crippen molar-refractivity contribution in [1.82, 2.24) is 19.9 Å². The molecule has 3 rings (SSSR count). The minimum atomic E-state index is -0.153. The van der Waals surface area contributed by atoms with E-state index in [4.69, 9.17) is 11.6 Å². The number of amides is 2. The molecule has 2 aromatic heterocycles. The van der Waals surface area contributed by atoms with E-state index in [2.05, 4.69) is 20.3 Å². The third-order valence-electron chi connectivity index (χ3n) is 3.55. The van der Waals surface area contributed by atoms with Crippen molar-refractivity contribution >= 4 is 23.3 Å². The molecular weight excluding hydrogens is 290 g/mol. The predicted octanol–water partition coefficient (Wildman–Crippen LogP) is 3.22. The number of carbonyl (C=O) groups is 1. The van der Waals surface area contributed by atoms with Gasteiger partial charge < -0.3 is 15.2 Å². The van der Waals surface area contributed by atoms with E-state index in [9.17, 15) is 4.79 Å². The molecule has 2 amide bonds. The zero-order valence-corrected chi connectivity index (χ0v) is 12.2. The molecule has 0 bridgehead atoms. The van der Waals surface area contributed by atoms with Gasteiger partial charge in [0.2, 0.25) is 0 Å². The summed E-state index contributed by atoms with van der Waals surface area (Å²) in [7, 11) is 0. The molecule has 110 valence electrons. The number of nitrogens with zero attached hydrogens (tertiary/aromatic N) is 3. The molecule has 1 atom stereocenters. The topological polar surface area (TPSA) is 73.9 Å². The fraction of sp³-hybridized carbons (Fsp3) is 0.357. The van der Waals surface area contributed by atoms with E-state index in [0.29, 0.717) is 17.3 Å². The number of carbonyl (C=O) groups excluding carboxylic acids is 1. The van der Waals surface area contributed by atoms with E-state index < -0.39 is 0 Å². The van der Waals surface area contributed by atoms with E-state index in [1.165, 1.54) is 6.20 Å². The maximum atomic E-state index is 12.5. The van der Waals surface area contributed by atoms with Crippen molar-refractivity contribution in [3.63, 3.8) is 0 Å². The first-order chi connectivity index (χ1) is 10.2. The van der Waals surface area contributed by atoms with Gasteiger partial charge in [0.15, 0.2) is 0 Å². The molecule has 1 saturated heterocycles. The summed E-state index contributed by atoms with van der Waals surface area (Å²) in [5.41, 5.74) is 0.594. The third kappa shape index (κ3) is 3.16. The Kier molecular flexibility index (Phi) is 4.06. The Morgan fingerprint density at radius 2 is 2.33 bits per heavy atom. The summed E-state index contributed by atoms with van der Waals surface area (Å²) in [6.07, 6.45) is 9.60. The monoisotopic (exact) mass is 305 g/mol. The molecule has 3 heterocycles. The second kappa shape index (κ2) is 6.13. The van der Waals surface area contributed by atoms with Gasteiger partial charge >= 0.3 is 6.03 Å². The Bertz CT molecular complexity index is 616. The summed E-state index contributed by atoms with van der Waals surface area (Å²) in [5, 5.41) is 3.34. The lowest BCUT2D eigenvalue weighted by atomic mass is 10.0. The van der Waals surface area contributed by atoms with Crippen LogP contribution in [0.5, 0.6) is 0 Å². The summed E-state index contributed by atoms with van der Waals surface area (Å²) in [6.45, 7) is 0.713. The molecule has 6 nitrogen and oxygen atoms in total. The zero-order chi connectivity index (χ0) is 14.7. The van der Waals surface area contributed by atoms with Crippen molar-refractivity contribution in [3.05, 3.63) is 41.7 Å². The van der Waals surface area contributed by atoms with Crippen molar-refractivity contribution < 1.29 is 4.79 Å². The van der Waals surface area contributed by atoms with Crippen LogP contribution in [0.25, 0.3) is 0 Å². The predicted molar refractivity (Wildman–Crippen MR) is 80.2 cm³/mol. The van der Waals surface area contributed by atoms with Gasteiger partial charge in [0.05, 0.1) is 22.9 Å². The quantitative estimate of drug-likeness (QED) is 0.894. The van der Waals surface area contributed by atoms with Crippen molar-refractivity contribution in [3.8, 4) is 0 Å². The second-order valence-corrected chi connectivity index (χ2v) is 5.44. The number of H-pyrrole nitrogens is 1. The van der Waals surface area contributed by atoms with Gasteiger partial charge in [-0.1, -0.05) is 11.6 Å². The smallest absolute Gasteiger partial charge is 0.322 e. The number of urea groups is 1. The van der Waals surface area contributed by atoms with Gasteiger partial charge in [-0.05, 0) is 25.3 Å². The van der Waals surface area contributed by atoms with Gasteiger partial charge in [-0.3, -0.25) is 4.98 Å². The number of aromatic nitrogens is 3. The van der Waals surface area contributed by atoms with Crippen molar-refractivity contribution in [2.75, 3.05) is 11.9 Å². The largest absolute Gasteiger partial charge is 0.347 e. The number of nitrogens with one attached hydrogen (secondary N) is 2. The van der Waals surface area contributed by atoms with Crippen LogP contribution in [0.1, 0.15) is 31.1 Å². The Morgan fingerprint density at radius 3 is 3.10 bits per heavy atom. The number of hydrogen-bond donors (Lipinski definition) is 2. The molecule has 1 aliphatic rings. The number of rotatable bonds is 2. The summed E-state index contributed by atoms with van der Waals surface area (Å²) < 4.78 is 0. The van der Waals surface area contributed by atoms with Crippen molar-refractivity contribution in [2.45, 2.75) is 25.3 Å². The average Bonchev–Trinajstić information content (AvgIpc) is 3.01. The Labute approximate surface area is 127 Å². The van der Waals surface area contributed by atoms with Gasteiger partial charge in [0, 0.05) is 25.1 Å². The van der Waals surface area contributed by atoms with Crippen LogP contribution >= 0.6 is 11.6 Å². The van der Waals surface area contributed by atoms with E-state index in [1.807, 2.05) is 4.90 Å². The molecule has 0 saturated carbocycles. The van der Waals surface area contributed by atoms with Gasteiger partial charge in [-0.2, -0.15) is 0 Å². The number of halogens is 1. The Balaban J connectivity index is 1.75. The highest BCUT2D eigenvalue weighted by molar-refractivity contribution is 6.30. The first-order valence-electron chi connectivity index (χ1n) is 6.91. The van der Waals surface area contributed by atoms with E-state index in [-0.39, 0.29) is 12.1 Å². The summed E-state index contributed by atoms with van der Waals surface area (Å²) >= 11 is 5.88. The lowest BCUT2D eigenvalue weighted by Crippen LogP contribution is -2.41. The van der Waals surface area contributed by atoms with Crippen LogP contribution < -0.4 is 5.32 Å². The van der Waals surface area contributed by atoms with Crippen LogP contribution in [0.2, 0.25) is 5.02 Å². The van der Waals surface area contributed by atoms with Gasteiger partial charge in [0.1, 0.15) is 5.82 Å². The van der Waals surface area contributed by atoms with E-state index in [0.717, 1.165) is 25.1 Å². The fourth-order valence-electron chi connectivity index (χ4n) is 2.59. The van der Waals surface area contributed by atoms with Crippen molar-refractivity contribution in [1.29, 1.82) is 0 Å². The summed E-state index contributed by atoms with van der Waals surface area (Å²) in [4.78, 5) is 25.6. The molecule has 2 aromatic rings. The standard InChI is InChI=1S/C14H16ClN5O/c15-10-7-11(9-16-8-10)19-14(21)20-6-2-1-3-12(20)13-17-4-5-18-13/h4-5,7-9,12H,1-3,6H2,(H,17,18)(H,19,21). The number of piperidine rings is 1. The number of pyridine rings is 1. The summed E-state index contributed by atoms with van der Waals surface area (Å²) in [5.74, 6) is 0.828. The lowest BCUT2D eigenvalue weighted by molar-refractivity contribution is 0.160. The normalized spacial score (nSPS) is 18.5. The molecule has 1 unspecified atom stereocenters. The zero-order valence-electron chi connectivity index (χ0n) is 11.4. The van der Waals surface area contributed by atoms with Crippen LogP contribution in [-0.4, -0.2) is 32.4 Å². The highest BCUT2D eigenvalue weighted by Crippen LogP contribution is 2.29. The molecule has 0 aromatic carbocycles. The molecule has 0 spiro atoms. The minimum Gasteiger partial charge on any atom is -0.347 e. The number of anilines is 1. The van der Waals surface area contributed by atoms with Crippen molar-refractivity contribution in [2.24, 2.45) is 0 Å². The number of hydrogen-bond acceptors (Lipinski definition) is 3.